The lowest BCUT2D eigenvalue weighted by Crippen LogP contribution is -2.29. The van der Waals surface area contributed by atoms with Gasteiger partial charge in [-0.15, -0.1) is 0 Å². The number of nitro groups is 1. The standard InChI is InChI=1S/C25H16N6O3/c1-15-22(32)21-24-26-19-9-5-6-10-20(19)29(24)23(16-11-13-18(14-12-16)31(33)34)27-25(21)30(28-15)17-7-3-2-4-8-17/h2-14H,1H3/p+1. The van der Waals surface area contributed by atoms with Crippen LogP contribution >= 0.6 is 0 Å². The van der Waals surface area contributed by atoms with E-state index in [9.17, 15) is 14.9 Å². The molecule has 0 spiro atoms. The summed E-state index contributed by atoms with van der Waals surface area (Å²) >= 11 is 0. The quantitative estimate of drug-likeness (QED) is 0.250. The molecule has 0 atom stereocenters. The zero-order valence-corrected chi connectivity index (χ0v) is 18.0. The number of aryl methyl sites for hydroxylation is 1. The number of aromatic amines is 1. The molecule has 0 aliphatic heterocycles. The summed E-state index contributed by atoms with van der Waals surface area (Å²) in [7, 11) is 0. The summed E-state index contributed by atoms with van der Waals surface area (Å²) in [4.78, 5) is 32.4. The van der Waals surface area contributed by atoms with Crippen LogP contribution in [-0.2, 0) is 0 Å². The molecule has 9 nitrogen and oxygen atoms in total. The van der Waals surface area contributed by atoms with Crippen molar-refractivity contribution in [2.45, 2.75) is 6.92 Å². The number of para-hydroxylation sites is 3. The molecule has 0 radical (unpaired) electrons. The van der Waals surface area contributed by atoms with Gasteiger partial charge in [0.2, 0.25) is 16.7 Å². The second-order valence-corrected chi connectivity index (χ2v) is 7.93. The van der Waals surface area contributed by atoms with Crippen molar-refractivity contribution in [2.24, 2.45) is 0 Å². The van der Waals surface area contributed by atoms with Crippen LogP contribution in [0.25, 0.3) is 44.8 Å². The fourth-order valence-corrected chi connectivity index (χ4v) is 4.25. The summed E-state index contributed by atoms with van der Waals surface area (Å²) in [6.45, 7) is 1.69. The number of imidazole rings is 1. The fraction of sp³-hybridized carbons (Fsp3) is 0.0400. The molecule has 0 bridgehead atoms. The van der Waals surface area contributed by atoms with E-state index in [4.69, 9.17) is 4.98 Å². The van der Waals surface area contributed by atoms with Gasteiger partial charge in [0.05, 0.1) is 16.2 Å². The molecular weight excluding hydrogens is 432 g/mol. The zero-order chi connectivity index (χ0) is 23.4. The Morgan fingerprint density at radius 3 is 2.41 bits per heavy atom. The molecule has 1 N–H and O–H groups in total. The minimum absolute atomic E-state index is 0.0109. The summed E-state index contributed by atoms with van der Waals surface area (Å²) in [6, 6.07) is 23.4. The molecule has 6 rings (SSSR count). The first-order valence-corrected chi connectivity index (χ1v) is 10.6. The number of fused-ring (bicyclic) bond motifs is 5. The number of rotatable bonds is 3. The molecule has 3 aromatic carbocycles. The normalized spacial score (nSPS) is 11.4. The van der Waals surface area contributed by atoms with Crippen LogP contribution in [0, 0.1) is 17.0 Å². The highest BCUT2D eigenvalue weighted by Crippen LogP contribution is 2.25. The van der Waals surface area contributed by atoms with Gasteiger partial charge in [-0.05, 0) is 43.3 Å². The molecule has 0 aliphatic carbocycles. The SMILES string of the molecule is Cc1nn(-c2ccccc2)c2nc(-c3ccc([N+](=O)[O-])cc3)[n+]3c4ccccc4[nH]c3c2c1=O. The van der Waals surface area contributed by atoms with Gasteiger partial charge >= 0.3 is 0 Å². The summed E-state index contributed by atoms with van der Waals surface area (Å²) in [5.41, 5.74) is 4.19. The van der Waals surface area contributed by atoms with Crippen molar-refractivity contribution >= 4 is 33.4 Å². The Morgan fingerprint density at radius 1 is 0.971 bits per heavy atom. The number of nitrogens with zero attached hydrogens (tertiary/aromatic N) is 5. The summed E-state index contributed by atoms with van der Waals surface area (Å²) < 4.78 is 3.54. The van der Waals surface area contributed by atoms with E-state index in [1.807, 2.05) is 59.0 Å². The van der Waals surface area contributed by atoms with Crippen LogP contribution in [0.1, 0.15) is 5.69 Å². The monoisotopic (exact) mass is 449 g/mol. The maximum absolute atomic E-state index is 13.3. The van der Waals surface area contributed by atoms with Gasteiger partial charge in [-0.25, -0.2) is 0 Å². The maximum Gasteiger partial charge on any atom is 0.277 e. The molecule has 9 heteroatoms. The van der Waals surface area contributed by atoms with E-state index in [0.717, 1.165) is 16.7 Å². The van der Waals surface area contributed by atoms with E-state index in [1.54, 1.807) is 23.7 Å². The van der Waals surface area contributed by atoms with Crippen molar-refractivity contribution in [3.63, 3.8) is 0 Å². The van der Waals surface area contributed by atoms with E-state index < -0.39 is 4.92 Å². The van der Waals surface area contributed by atoms with Crippen LogP contribution in [0.15, 0.2) is 83.7 Å². The lowest BCUT2D eigenvalue weighted by molar-refractivity contribution is -0.470. The predicted molar refractivity (Wildman–Crippen MR) is 127 cm³/mol. The van der Waals surface area contributed by atoms with E-state index in [1.165, 1.54) is 12.1 Å². The number of hydrogen-bond donors (Lipinski definition) is 1. The largest absolute Gasteiger partial charge is 0.287 e. The summed E-state index contributed by atoms with van der Waals surface area (Å²) in [5, 5.41) is 16.1. The Morgan fingerprint density at radius 2 is 1.68 bits per heavy atom. The van der Waals surface area contributed by atoms with Gasteiger partial charge in [-0.1, -0.05) is 35.3 Å². The smallest absolute Gasteiger partial charge is 0.277 e. The summed E-state index contributed by atoms with van der Waals surface area (Å²) in [6.07, 6.45) is 0. The Balaban J connectivity index is 1.82. The van der Waals surface area contributed by atoms with Gasteiger partial charge in [-0.2, -0.15) is 14.2 Å². The molecule has 0 fully saturated rings. The van der Waals surface area contributed by atoms with Gasteiger partial charge in [0.15, 0.2) is 5.39 Å². The van der Waals surface area contributed by atoms with Crippen LogP contribution in [-0.4, -0.2) is 24.7 Å². The van der Waals surface area contributed by atoms with Crippen molar-refractivity contribution in [3.05, 3.63) is 105 Å². The fourth-order valence-electron chi connectivity index (χ4n) is 4.25. The zero-order valence-electron chi connectivity index (χ0n) is 18.0. The van der Waals surface area contributed by atoms with Crippen molar-refractivity contribution in [1.29, 1.82) is 0 Å². The molecule has 0 aliphatic rings. The Bertz CT molecular complexity index is 1810. The van der Waals surface area contributed by atoms with E-state index in [0.29, 0.717) is 33.8 Å². The van der Waals surface area contributed by atoms with E-state index >= 15 is 0 Å². The molecule has 6 aromatic rings. The number of nitrogens with one attached hydrogen (secondary N) is 1. The Kier molecular flexibility index (Phi) is 4.24. The van der Waals surface area contributed by atoms with E-state index in [2.05, 4.69) is 10.1 Å². The van der Waals surface area contributed by atoms with Crippen molar-refractivity contribution in [3.8, 4) is 17.1 Å². The molecule has 0 saturated carbocycles. The maximum atomic E-state index is 13.3. The molecule has 0 amide bonds. The first-order valence-electron chi connectivity index (χ1n) is 10.6. The van der Waals surface area contributed by atoms with Gasteiger partial charge in [0.25, 0.3) is 11.5 Å². The van der Waals surface area contributed by atoms with Crippen LogP contribution in [0.3, 0.4) is 0 Å². The van der Waals surface area contributed by atoms with Crippen LogP contribution < -0.4 is 9.83 Å². The molecule has 34 heavy (non-hydrogen) atoms. The third kappa shape index (κ3) is 2.87. The Labute approximate surface area is 191 Å². The average Bonchev–Trinajstić information content (AvgIpc) is 3.25. The third-order valence-corrected chi connectivity index (χ3v) is 5.85. The molecule has 0 saturated heterocycles. The number of H-pyrrole nitrogens is 1. The van der Waals surface area contributed by atoms with Gasteiger partial charge < -0.3 is 0 Å². The molecule has 164 valence electrons. The molecular formula is C25H17N6O3+. The van der Waals surface area contributed by atoms with Crippen LogP contribution in [0.5, 0.6) is 0 Å². The highest BCUT2D eigenvalue weighted by atomic mass is 16.6. The average molecular weight is 449 g/mol. The summed E-state index contributed by atoms with van der Waals surface area (Å²) in [5.74, 6) is 0.532. The molecule has 3 heterocycles. The third-order valence-electron chi connectivity index (χ3n) is 5.85. The van der Waals surface area contributed by atoms with Crippen LogP contribution in [0.2, 0.25) is 0 Å². The molecule has 0 unspecified atom stereocenters. The second-order valence-electron chi connectivity index (χ2n) is 7.93. The number of non-ortho nitro benzene ring substituents is 1. The first-order chi connectivity index (χ1) is 16.5. The number of benzene rings is 3. The van der Waals surface area contributed by atoms with Gasteiger partial charge in [0.1, 0.15) is 16.7 Å². The highest BCUT2D eigenvalue weighted by Gasteiger charge is 2.27. The first kappa shape index (κ1) is 19.7. The lowest BCUT2D eigenvalue weighted by atomic mass is 10.1. The minimum Gasteiger partial charge on any atom is -0.287 e. The second kappa shape index (κ2) is 7.31. The lowest BCUT2D eigenvalue weighted by Gasteiger charge is -2.09. The Hall–Kier alpha value is -4.92. The predicted octanol–water partition coefficient (Wildman–Crippen LogP) is 3.88. The van der Waals surface area contributed by atoms with Crippen molar-refractivity contribution in [2.75, 3.05) is 0 Å². The van der Waals surface area contributed by atoms with Gasteiger partial charge in [0, 0.05) is 12.1 Å². The van der Waals surface area contributed by atoms with Gasteiger partial charge in [-0.3, -0.25) is 19.9 Å². The highest BCUT2D eigenvalue weighted by molar-refractivity contribution is 5.92. The van der Waals surface area contributed by atoms with E-state index in [-0.39, 0.29) is 11.1 Å². The number of hydrogen-bond acceptors (Lipinski definition) is 5. The van der Waals surface area contributed by atoms with Crippen molar-refractivity contribution < 1.29 is 9.32 Å². The minimum atomic E-state index is -0.439. The topological polar surface area (TPSA) is 111 Å². The van der Waals surface area contributed by atoms with Crippen molar-refractivity contribution in [1.82, 2.24) is 19.7 Å². The van der Waals surface area contributed by atoms with Crippen LogP contribution in [0.4, 0.5) is 5.69 Å². The molecule has 3 aromatic heterocycles. The number of nitro benzene ring substituents is 1. The number of aromatic nitrogens is 5.